The van der Waals surface area contributed by atoms with E-state index in [0.717, 1.165) is 30.3 Å². The number of benzene rings is 1. The van der Waals surface area contributed by atoms with Crippen molar-refractivity contribution in [3.8, 4) is 17.4 Å². The maximum Gasteiger partial charge on any atom is 0.340 e. The Morgan fingerprint density at radius 1 is 1.33 bits per heavy atom. The number of nitrogens with zero attached hydrogens (tertiary/aromatic N) is 2. The Hall–Kier alpha value is -2.09. The second-order valence-electron chi connectivity index (χ2n) is 5.41. The van der Waals surface area contributed by atoms with Crippen LogP contribution in [0.25, 0.3) is 22.3 Å². The van der Waals surface area contributed by atoms with E-state index >= 15 is 0 Å². The van der Waals surface area contributed by atoms with Crippen LogP contribution in [-0.4, -0.2) is 39.4 Å². The van der Waals surface area contributed by atoms with Crippen LogP contribution >= 0.6 is 24.0 Å². The SMILES string of the molecule is Cl.O=c1[nH]nc(-c2cc3cccc(Cl)c3c(OC3CCNC3)n2)[nH]1. The number of pyridine rings is 1. The first kappa shape index (κ1) is 16.8. The van der Waals surface area contributed by atoms with Crippen LogP contribution in [0.1, 0.15) is 6.42 Å². The molecule has 1 aromatic carbocycles. The maximum atomic E-state index is 11.3. The minimum atomic E-state index is -0.379. The first-order valence-electron chi connectivity index (χ1n) is 7.32. The van der Waals surface area contributed by atoms with Gasteiger partial charge in [0.2, 0.25) is 5.88 Å². The molecule has 1 atom stereocenters. The molecule has 0 saturated carbocycles. The first-order valence-corrected chi connectivity index (χ1v) is 7.70. The molecule has 1 aliphatic heterocycles. The van der Waals surface area contributed by atoms with E-state index in [9.17, 15) is 4.79 Å². The number of fused-ring (bicyclic) bond motifs is 1. The fourth-order valence-corrected chi connectivity index (χ4v) is 2.98. The molecule has 7 nitrogen and oxygen atoms in total. The van der Waals surface area contributed by atoms with Gasteiger partial charge in [-0.15, -0.1) is 12.4 Å². The van der Waals surface area contributed by atoms with Crippen molar-refractivity contribution >= 4 is 34.8 Å². The second kappa shape index (κ2) is 6.80. The van der Waals surface area contributed by atoms with Crippen molar-refractivity contribution in [2.24, 2.45) is 0 Å². The molecule has 0 spiro atoms. The molecule has 1 fully saturated rings. The van der Waals surface area contributed by atoms with Gasteiger partial charge in [-0.1, -0.05) is 23.7 Å². The zero-order valence-electron chi connectivity index (χ0n) is 12.5. The van der Waals surface area contributed by atoms with Gasteiger partial charge < -0.3 is 10.1 Å². The average Bonchev–Trinajstić information content (AvgIpc) is 3.19. The molecule has 0 radical (unpaired) electrons. The molecule has 1 aliphatic rings. The first-order chi connectivity index (χ1) is 11.2. The van der Waals surface area contributed by atoms with Gasteiger partial charge >= 0.3 is 5.69 Å². The predicted octanol–water partition coefficient (Wildman–Crippen LogP) is 2.13. The highest BCUT2D eigenvalue weighted by Gasteiger charge is 2.20. The monoisotopic (exact) mass is 367 g/mol. The number of aromatic amines is 2. The van der Waals surface area contributed by atoms with Crippen LogP contribution in [0, 0.1) is 0 Å². The van der Waals surface area contributed by atoms with Crippen molar-refractivity contribution in [3.63, 3.8) is 0 Å². The van der Waals surface area contributed by atoms with E-state index in [1.165, 1.54) is 0 Å². The van der Waals surface area contributed by atoms with Gasteiger partial charge in [0.15, 0.2) is 5.82 Å². The molecule has 0 aliphatic carbocycles. The Kier molecular flexibility index (Phi) is 4.75. The highest BCUT2D eigenvalue weighted by Crippen LogP contribution is 2.34. The molecule has 2 aromatic heterocycles. The number of halogens is 2. The molecule has 0 bridgehead atoms. The second-order valence-corrected chi connectivity index (χ2v) is 5.82. The molecule has 9 heteroatoms. The molecule has 4 rings (SSSR count). The molecule has 24 heavy (non-hydrogen) atoms. The van der Waals surface area contributed by atoms with E-state index in [1.54, 1.807) is 6.07 Å². The maximum absolute atomic E-state index is 11.3. The molecule has 0 amide bonds. The van der Waals surface area contributed by atoms with Crippen LogP contribution in [0.2, 0.25) is 5.02 Å². The summed E-state index contributed by atoms with van der Waals surface area (Å²) in [5, 5.41) is 11.8. The number of hydrogen-bond acceptors (Lipinski definition) is 5. The van der Waals surface area contributed by atoms with Crippen LogP contribution < -0.4 is 15.7 Å². The molecule has 1 saturated heterocycles. The molecule has 126 valence electrons. The lowest BCUT2D eigenvalue weighted by Crippen LogP contribution is -2.20. The van der Waals surface area contributed by atoms with E-state index in [1.807, 2.05) is 18.2 Å². The van der Waals surface area contributed by atoms with Gasteiger partial charge in [0.1, 0.15) is 11.8 Å². The third-order valence-corrected chi connectivity index (χ3v) is 4.13. The summed E-state index contributed by atoms with van der Waals surface area (Å²) in [7, 11) is 0. The Labute approximate surface area is 148 Å². The summed E-state index contributed by atoms with van der Waals surface area (Å²) in [4.78, 5) is 18.4. The lowest BCUT2D eigenvalue weighted by atomic mass is 10.1. The normalized spacial score (nSPS) is 17.0. The van der Waals surface area contributed by atoms with Gasteiger partial charge in [0.05, 0.1) is 10.4 Å². The fraction of sp³-hybridized carbons (Fsp3) is 0.267. The van der Waals surface area contributed by atoms with Crippen LogP contribution in [0.5, 0.6) is 5.88 Å². The van der Waals surface area contributed by atoms with Gasteiger partial charge in [0.25, 0.3) is 0 Å². The molecule has 1 unspecified atom stereocenters. The van der Waals surface area contributed by atoms with Crippen molar-refractivity contribution in [2.45, 2.75) is 12.5 Å². The third kappa shape index (κ3) is 3.10. The Balaban J connectivity index is 0.00000169. The van der Waals surface area contributed by atoms with Crippen LogP contribution in [0.4, 0.5) is 0 Å². The van der Waals surface area contributed by atoms with Gasteiger partial charge in [-0.3, -0.25) is 4.98 Å². The number of rotatable bonds is 3. The Morgan fingerprint density at radius 3 is 2.92 bits per heavy atom. The van der Waals surface area contributed by atoms with E-state index in [4.69, 9.17) is 16.3 Å². The largest absolute Gasteiger partial charge is 0.472 e. The van der Waals surface area contributed by atoms with Gasteiger partial charge in [-0.05, 0) is 30.5 Å². The highest BCUT2D eigenvalue weighted by atomic mass is 35.5. The highest BCUT2D eigenvalue weighted by molar-refractivity contribution is 6.36. The molecule has 3 aromatic rings. The van der Waals surface area contributed by atoms with Crippen molar-refractivity contribution in [2.75, 3.05) is 13.1 Å². The number of aromatic nitrogens is 4. The van der Waals surface area contributed by atoms with Gasteiger partial charge in [-0.2, -0.15) is 5.10 Å². The summed E-state index contributed by atoms with van der Waals surface area (Å²) >= 11 is 6.33. The van der Waals surface area contributed by atoms with E-state index in [2.05, 4.69) is 25.5 Å². The summed E-state index contributed by atoms with van der Waals surface area (Å²) in [6.45, 7) is 1.69. The van der Waals surface area contributed by atoms with Gasteiger partial charge in [-0.25, -0.2) is 14.9 Å². The summed E-state index contributed by atoms with van der Waals surface area (Å²) in [6, 6.07) is 7.42. The average molecular weight is 368 g/mol. The van der Waals surface area contributed by atoms with E-state index < -0.39 is 0 Å². The van der Waals surface area contributed by atoms with Crippen LogP contribution in [0.3, 0.4) is 0 Å². The number of H-pyrrole nitrogens is 2. The summed E-state index contributed by atoms with van der Waals surface area (Å²) in [6.07, 6.45) is 0.965. The molecule has 3 N–H and O–H groups in total. The summed E-state index contributed by atoms with van der Waals surface area (Å²) in [5.41, 5.74) is 0.148. The van der Waals surface area contributed by atoms with Crippen LogP contribution in [0.15, 0.2) is 29.1 Å². The van der Waals surface area contributed by atoms with Crippen molar-refractivity contribution < 1.29 is 4.74 Å². The zero-order valence-corrected chi connectivity index (χ0v) is 14.1. The third-order valence-electron chi connectivity index (χ3n) is 3.81. The Bertz CT molecular complexity index is 918. The molecular weight excluding hydrogens is 353 g/mol. The predicted molar refractivity (Wildman–Crippen MR) is 94.1 cm³/mol. The van der Waals surface area contributed by atoms with E-state index in [0.29, 0.717) is 22.4 Å². The van der Waals surface area contributed by atoms with Crippen LogP contribution in [-0.2, 0) is 0 Å². The fourth-order valence-electron chi connectivity index (χ4n) is 2.72. The van der Waals surface area contributed by atoms with Gasteiger partial charge in [0, 0.05) is 6.54 Å². The quantitative estimate of drug-likeness (QED) is 0.658. The Morgan fingerprint density at radius 2 is 2.21 bits per heavy atom. The lowest BCUT2D eigenvalue weighted by molar-refractivity contribution is 0.217. The minimum Gasteiger partial charge on any atom is -0.472 e. The lowest BCUT2D eigenvalue weighted by Gasteiger charge is -2.15. The molecule has 3 heterocycles. The smallest absolute Gasteiger partial charge is 0.340 e. The zero-order chi connectivity index (χ0) is 15.8. The summed E-state index contributed by atoms with van der Waals surface area (Å²) in [5.74, 6) is 0.826. The van der Waals surface area contributed by atoms with Crippen molar-refractivity contribution in [1.82, 2.24) is 25.5 Å². The summed E-state index contributed by atoms with van der Waals surface area (Å²) < 4.78 is 6.05. The number of hydrogen-bond donors (Lipinski definition) is 3. The minimum absolute atomic E-state index is 0. The topological polar surface area (TPSA) is 95.7 Å². The standard InChI is InChI=1S/C15H14ClN5O2.ClH/c16-10-3-1-2-8-6-11(13-19-15(22)21-20-13)18-14(12(8)10)23-9-4-5-17-7-9;/h1-3,6,9,17H,4-5,7H2,(H2,19,20,21,22);1H. The molecular formula is C15H15Cl2N5O2. The van der Waals surface area contributed by atoms with E-state index in [-0.39, 0.29) is 24.2 Å². The van der Waals surface area contributed by atoms with Crippen molar-refractivity contribution in [3.05, 3.63) is 39.8 Å². The van der Waals surface area contributed by atoms with Crippen molar-refractivity contribution in [1.29, 1.82) is 0 Å². The number of nitrogens with one attached hydrogen (secondary N) is 3. The number of ether oxygens (including phenoxy) is 1.